The zero-order valence-corrected chi connectivity index (χ0v) is 18.0. The lowest BCUT2D eigenvalue weighted by Crippen LogP contribution is -2.04. The smallest absolute Gasteiger partial charge is 0.112 e. The number of aromatic amines is 1. The van der Waals surface area contributed by atoms with Crippen LogP contribution in [0, 0.1) is 6.92 Å². The van der Waals surface area contributed by atoms with Crippen molar-refractivity contribution in [1.82, 2.24) is 34.7 Å². The highest BCUT2D eigenvalue weighted by Crippen LogP contribution is 2.27. The third-order valence-electron chi connectivity index (χ3n) is 5.62. The molecule has 0 spiro atoms. The van der Waals surface area contributed by atoms with Crippen LogP contribution in [0.25, 0.3) is 38.9 Å². The molecule has 0 bridgehead atoms. The van der Waals surface area contributed by atoms with Crippen molar-refractivity contribution in [2.24, 2.45) is 0 Å². The van der Waals surface area contributed by atoms with Gasteiger partial charge in [0, 0.05) is 28.4 Å². The minimum atomic E-state index is 0.645. The molecular formula is C24H18ClN7. The molecular weight excluding hydrogens is 422 g/mol. The van der Waals surface area contributed by atoms with E-state index in [2.05, 4.69) is 21.4 Å². The molecule has 4 aromatic heterocycles. The van der Waals surface area contributed by atoms with Gasteiger partial charge in [0.2, 0.25) is 0 Å². The van der Waals surface area contributed by atoms with E-state index < -0.39 is 0 Å². The lowest BCUT2D eigenvalue weighted by atomic mass is 10.1. The van der Waals surface area contributed by atoms with Crippen molar-refractivity contribution in [3.05, 3.63) is 89.5 Å². The lowest BCUT2D eigenvalue weighted by Gasteiger charge is -2.09. The molecule has 1 N–H and O–H groups in total. The Morgan fingerprint density at radius 3 is 2.75 bits per heavy atom. The van der Waals surface area contributed by atoms with E-state index in [0.29, 0.717) is 6.54 Å². The average Bonchev–Trinajstić information content (AvgIpc) is 3.53. The molecule has 0 unspecified atom stereocenters. The van der Waals surface area contributed by atoms with Crippen molar-refractivity contribution in [1.29, 1.82) is 0 Å². The van der Waals surface area contributed by atoms with Crippen LogP contribution in [0.1, 0.15) is 11.3 Å². The minimum Gasteiger partial charge on any atom is -0.278 e. The minimum absolute atomic E-state index is 0.645. The van der Waals surface area contributed by atoms with Crippen molar-refractivity contribution < 1.29 is 0 Å². The van der Waals surface area contributed by atoms with Gasteiger partial charge in [0.25, 0.3) is 0 Å². The van der Waals surface area contributed by atoms with E-state index in [1.165, 1.54) is 0 Å². The number of pyridine rings is 1. The lowest BCUT2D eigenvalue weighted by molar-refractivity contribution is 0.694. The summed E-state index contributed by atoms with van der Waals surface area (Å²) in [5.41, 5.74) is 7.72. The van der Waals surface area contributed by atoms with Crippen LogP contribution in [0.5, 0.6) is 0 Å². The second-order valence-electron chi connectivity index (χ2n) is 7.73. The van der Waals surface area contributed by atoms with Gasteiger partial charge >= 0.3 is 0 Å². The number of nitrogens with one attached hydrogen (secondary N) is 1. The van der Waals surface area contributed by atoms with Crippen LogP contribution in [-0.2, 0) is 6.54 Å². The van der Waals surface area contributed by atoms with Gasteiger partial charge in [-0.05, 0) is 55.0 Å². The number of halogens is 1. The molecule has 0 fully saturated rings. The highest BCUT2D eigenvalue weighted by molar-refractivity contribution is 6.30. The fourth-order valence-corrected chi connectivity index (χ4v) is 4.13. The molecule has 0 saturated heterocycles. The molecule has 156 valence electrons. The van der Waals surface area contributed by atoms with Crippen LogP contribution in [0.15, 0.2) is 73.2 Å². The molecule has 8 heteroatoms. The van der Waals surface area contributed by atoms with E-state index in [0.717, 1.165) is 55.2 Å². The van der Waals surface area contributed by atoms with Gasteiger partial charge in [-0.1, -0.05) is 23.7 Å². The summed E-state index contributed by atoms with van der Waals surface area (Å²) in [5, 5.41) is 18.2. The summed E-state index contributed by atoms with van der Waals surface area (Å²) in [4.78, 5) is 4.73. The summed E-state index contributed by atoms with van der Waals surface area (Å²) in [7, 11) is 0. The SMILES string of the molecule is Cc1nn(-c2ccc3cn[nH]c3c2)c2cc(-c3ccnn3Cc3ccc(Cl)cc3)cnc12. The zero-order valence-electron chi connectivity index (χ0n) is 17.2. The zero-order chi connectivity index (χ0) is 21.7. The third kappa shape index (κ3) is 3.14. The molecule has 0 saturated carbocycles. The van der Waals surface area contributed by atoms with E-state index in [4.69, 9.17) is 21.7 Å². The molecule has 0 amide bonds. The quantitative estimate of drug-likeness (QED) is 0.411. The van der Waals surface area contributed by atoms with E-state index in [-0.39, 0.29) is 0 Å². The van der Waals surface area contributed by atoms with Crippen LogP contribution in [0.4, 0.5) is 0 Å². The predicted octanol–water partition coefficient (Wildman–Crippen LogP) is 5.17. The van der Waals surface area contributed by atoms with Gasteiger partial charge in [-0.25, -0.2) is 4.68 Å². The Bertz CT molecular complexity index is 1570. The number of aromatic nitrogens is 7. The molecule has 0 atom stereocenters. The fourth-order valence-electron chi connectivity index (χ4n) is 4.00. The molecule has 7 nitrogen and oxygen atoms in total. The van der Waals surface area contributed by atoms with E-state index in [9.17, 15) is 0 Å². The number of aryl methyl sites for hydroxylation is 1. The van der Waals surface area contributed by atoms with Crippen LogP contribution in [0.3, 0.4) is 0 Å². The molecule has 0 radical (unpaired) electrons. The predicted molar refractivity (Wildman–Crippen MR) is 125 cm³/mol. The molecule has 32 heavy (non-hydrogen) atoms. The second-order valence-corrected chi connectivity index (χ2v) is 8.17. The Labute approximate surface area is 188 Å². The van der Waals surface area contributed by atoms with Gasteiger partial charge in [-0.3, -0.25) is 14.8 Å². The number of H-pyrrole nitrogens is 1. The van der Waals surface area contributed by atoms with Crippen molar-refractivity contribution in [2.75, 3.05) is 0 Å². The second kappa shape index (κ2) is 7.32. The van der Waals surface area contributed by atoms with E-state index in [1.54, 1.807) is 0 Å². The summed E-state index contributed by atoms with van der Waals surface area (Å²) < 4.78 is 3.90. The summed E-state index contributed by atoms with van der Waals surface area (Å²) in [6.45, 7) is 2.62. The first kappa shape index (κ1) is 18.8. The molecule has 0 aliphatic heterocycles. The maximum Gasteiger partial charge on any atom is 0.112 e. The van der Waals surface area contributed by atoms with Gasteiger partial charge in [-0.15, -0.1) is 0 Å². The first-order valence-electron chi connectivity index (χ1n) is 10.2. The first-order chi connectivity index (χ1) is 15.7. The van der Waals surface area contributed by atoms with Crippen LogP contribution >= 0.6 is 11.6 Å². The largest absolute Gasteiger partial charge is 0.278 e. The Hall–Kier alpha value is -3.97. The Morgan fingerprint density at radius 2 is 1.88 bits per heavy atom. The number of benzene rings is 2. The highest BCUT2D eigenvalue weighted by Gasteiger charge is 2.14. The molecule has 0 aliphatic rings. The van der Waals surface area contributed by atoms with E-state index in [1.807, 2.05) is 83.4 Å². The summed E-state index contributed by atoms with van der Waals surface area (Å²) in [6, 6.07) is 18.1. The van der Waals surface area contributed by atoms with Crippen molar-refractivity contribution in [2.45, 2.75) is 13.5 Å². The van der Waals surface area contributed by atoms with Gasteiger partial charge < -0.3 is 0 Å². The average molecular weight is 440 g/mol. The molecule has 4 heterocycles. The summed E-state index contributed by atoms with van der Waals surface area (Å²) in [5.74, 6) is 0. The van der Waals surface area contributed by atoms with E-state index >= 15 is 0 Å². The monoisotopic (exact) mass is 439 g/mol. The fraction of sp³-hybridized carbons (Fsp3) is 0.0833. The van der Waals surface area contributed by atoms with Crippen LogP contribution in [-0.4, -0.2) is 34.7 Å². The number of rotatable bonds is 4. The topological polar surface area (TPSA) is 77.2 Å². The maximum absolute atomic E-state index is 6.02. The van der Waals surface area contributed by atoms with Crippen molar-refractivity contribution >= 4 is 33.5 Å². The maximum atomic E-state index is 6.02. The highest BCUT2D eigenvalue weighted by atomic mass is 35.5. The van der Waals surface area contributed by atoms with Gasteiger partial charge in [0.05, 0.1) is 40.9 Å². The molecule has 0 aliphatic carbocycles. The van der Waals surface area contributed by atoms with Crippen LogP contribution in [0.2, 0.25) is 5.02 Å². The Balaban J connectivity index is 1.44. The van der Waals surface area contributed by atoms with Gasteiger partial charge in [0.15, 0.2) is 0 Å². The number of hydrogen-bond donors (Lipinski definition) is 1. The number of hydrogen-bond acceptors (Lipinski definition) is 4. The molecule has 6 rings (SSSR count). The first-order valence-corrected chi connectivity index (χ1v) is 10.6. The van der Waals surface area contributed by atoms with Crippen LogP contribution < -0.4 is 0 Å². The number of fused-ring (bicyclic) bond motifs is 2. The summed E-state index contributed by atoms with van der Waals surface area (Å²) >= 11 is 6.02. The normalized spacial score (nSPS) is 11.6. The molecule has 6 aromatic rings. The number of nitrogens with zero attached hydrogens (tertiary/aromatic N) is 6. The Morgan fingerprint density at radius 1 is 1.00 bits per heavy atom. The standard InChI is InChI=1S/C24H18ClN7/c1-15-24-23(32(30-15)20-7-4-17-13-27-29-21(17)11-20)10-18(12-26-24)22-8-9-28-31(22)14-16-2-5-19(25)6-3-16/h2-13H,14H2,1H3,(H,27,29). The van der Waals surface area contributed by atoms with Gasteiger partial charge in [-0.2, -0.15) is 15.3 Å². The van der Waals surface area contributed by atoms with Crippen molar-refractivity contribution in [3.63, 3.8) is 0 Å². The van der Waals surface area contributed by atoms with Crippen molar-refractivity contribution in [3.8, 4) is 16.9 Å². The summed E-state index contributed by atoms with van der Waals surface area (Å²) in [6.07, 6.45) is 5.51. The molecule has 2 aromatic carbocycles. The third-order valence-corrected chi connectivity index (χ3v) is 5.87. The Kier molecular flexibility index (Phi) is 4.29. The van der Waals surface area contributed by atoms with Gasteiger partial charge in [0.1, 0.15) is 5.52 Å².